The molecule has 0 saturated carbocycles. The maximum atomic E-state index is 11.4. The Bertz CT molecular complexity index is 763. The third kappa shape index (κ3) is 2.76. The van der Waals surface area contributed by atoms with Crippen molar-refractivity contribution in [1.82, 2.24) is 14.9 Å². The highest BCUT2D eigenvalue weighted by Gasteiger charge is 2.10. The van der Waals surface area contributed by atoms with Gasteiger partial charge in [-0.3, -0.25) is 14.4 Å². The van der Waals surface area contributed by atoms with Gasteiger partial charge < -0.3 is 14.9 Å². The molecule has 2 aromatic rings. The zero-order valence-electron chi connectivity index (χ0n) is 10.1. The number of rotatable bonds is 2. The van der Waals surface area contributed by atoms with Crippen LogP contribution in [0.3, 0.4) is 0 Å². The van der Waals surface area contributed by atoms with Gasteiger partial charge in [0.25, 0.3) is 0 Å². The molecule has 19 heavy (non-hydrogen) atoms. The zero-order valence-corrected chi connectivity index (χ0v) is 11.7. The van der Waals surface area contributed by atoms with Crippen molar-refractivity contribution in [3.8, 4) is 0 Å². The van der Waals surface area contributed by atoms with Crippen molar-refractivity contribution in [2.24, 2.45) is 0 Å². The van der Waals surface area contributed by atoms with Crippen molar-refractivity contribution >= 4 is 32.9 Å². The second-order valence-corrected chi connectivity index (χ2v) is 5.03. The summed E-state index contributed by atoms with van der Waals surface area (Å²) in [4.78, 5) is 40.2. The summed E-state index contributed by atoms with van der Waals surface area (Å²) in [6.45, 7) is 1.63. The summed E-state index contributed by atoms with van der Waals surface area (Å²) in [7, 11) is 3.61. The first-order chi connectivity index (χ1) is 8.88. The Morgan fingerprint density at radius 1 is 1.32 bits per heavy atom. The molecule has 0 atom stereocenters. The van der Waals surface area contributed by atoms with Crippen molar-refractivity contribution < 1.29 is 4.79 Å². The number of hydrogen-bond acceptors (Lipinski definition) is 3. The molecule has 1 heterocycles. The van der Waals surface area contributed by atoms with E-state index >= 15 is 0 Å². The number of carbonyl (C=O) groups is 1. The minimum absolute atomic E-state index is 0.195. The fraction of sp³-hybridized carbons (Fsp3) is 0.167. The van der Waals surface area contributed by atoms with E-state index in [-0.39, 0.29) is 12.5 Å². The molecule has 0 saturated heterocycles. The number of aromatic amines is 2. The monoisotopic (exact) mass is 324 g/mol. The topological polar surface area (TPSA) is 86.0 Å². The Labute approximate surface area is 116 Å². The highest BCUT2D eigenvalue weighted by Crippen LogP contribution is 2.21. The molecule has 0 fully saturated rings. The smallest absolute Gasteiger partial charge is 0.314 e. The predicted octanol–water partition coefficient (Wildman–Crippen LogP) is 1.12. The van der Waals surface area contributed by atoms with Gasteiger partial charge >= 0.3 is 11.1 Å². The van der Waals surface area contributed by atoms with Crippen LogP contribution in [-0.4, -0.2) is 20.8 Å². The summed E-state index contributed by atoms with van der Waals surface area (Å²) in [5.74, 6) is -0.195. The Kier molecular flexibility index (Phi) is 3.57. The molecule has 1 radical (unpaired) electrons. The molecule has 6 nitrogen and oxygen atoms in total. The maximum Gasteiger partial charge on any atom is 0.314 e. The van der Waals surface area contributed by atoms with Gasteiger partial charge in [-0.25, -0.2) is 0 Å². The fourth-order valence-corrected chi connectivity index (χ4v) is 2.21. The molecule has 0 aliphatic heterocycles. The molecule has 1 aromatic carbocycles. The Balaban J connectivity index is 2.66. The van der Waals surface area contributed by atoms with Gasteiger partial charge in [-0.05, 0) is 17.7 Å². The highest BCUT2D eigenvalue weighted by molar-refractivity contribution is 9.10. The number of benzene rings is 1. The van der Waals surface area contributed by atoms with E-state index in [1.807, 2.05) is 0 Å². The molecule has 1 amide bonds. The summed E-state index contributed by atoms with van der Waals surface area (Å²) >= 11 is 3.32. The van der Waals surface area contributed by atoms with Gasteiger partial charge in [0.2, 0.25) is 5.91 Å². The molecule has 0 bridgehead atoms. The fourth-order valence-electron chi connectivity index (χ4n) is 1.70. The highest BCUT2D eigenvalue weighted by atomic mass is 79.9. The van der Waals surface area contributed by atoms with E-state index in [9.17, 15) is 14.4 Å². The Morgan fingerprint density at radius 2 is 1.95 bits per heavy atom. The molecular weight excluding hydrogens is 314 g/mol. The lowest BCUT2D eigenvalue weighted by molar-refractivity contribution is -0.126. The second-order valence-electron chi connectivity index (χ2n) is 4.11. The van der Waals surface area contributed by atoms with Crippen LogP contribution in [0, 0.1) is 7.05 Å². The summed E-state index contributed by atoms with van der Waals surface area (Å²) in [5.41, 5.74) is 0.223. The third-order valence-corrected chi connectivity index (χ3v) is 3.14. The van der Waals surface area contributed by atoms with Crippen LogP contribution >= 0.6 is 15.9 Å². The number of halogens is 1. The number of nitrogens with zero attached hydrogens (tertiary/aromatic N) is 1. The number of aromatic nitrogens is 2. The molecule has 0 spiro atoms. The van der Waals surface area contributed by atoms with Crippen LogP contribution in [0.1, 0.15) is 12.5 Å². The largest absolute Gasteiger partial charge is 0.337 e. The van der Waals surface area contributed by atoms with Crippen molar-refractivity contribution in [2.45, 2.75) is 13.5 Å². The van der Waals surface area contributed by atoms with Gasteiger partial charge in [0.15, 0.2) is 0 Å². The lowest BCUT2D eigenvalue weighted by atomic mass is 10.1. The second kappa shape index (κ2) is 5.00. The van der Waals surface area contributed by atoms with Gasteiger partial charge in [0, 0.05) is 25.0 Å². The lowest BCUT2D eigenvalue weighted by Crippen LogP contribution is -2.29. The van der Waals surface area contributed by atoms with Crippen LogP contribution in [0.5, 0.6) is 0 Å². The van der Waals surface area contributed by atoms with E-state index in [0.29, 0.717) is 16.6 Å². The van der Waals surface area contributed by atoms with E-state index in [0.717, 1.165) is 4.47 Å². The van der Waals surface area contributed by atoms with Crippen molar-refractivity contribution in [2.75, 3.05) is 0 Å². The first kappa shape index (κ1) is 13.5. The summed E-state index contributed by atoms with van der Waals surface area (Å²) in [5, 5.41) is 0. The van der Waals surface area contributed by atoms with Gasteiger partial charge in [0.05, 0.1) is 11.0 Å². The number of fused-ring (bicyclic) bond motifs is 1. The molecule has 1 aromatic heterocycles. The van der Waals surface area contributed by atoms with E-state index < -0.39 is 11.1 Å². The SMILES string of the molecule is [CH2]N(Cc1cc(Br)cc2[nH]c(=O)c(=O)[nH]c12)C(C)=O. The molecule has 2 N–H and O–H groups in total. The predicted molar refractivity (Wildman–Crippen MR) is 74.5 cm³/mol. The van der Waals surface area contributed by atoms with E-state index in [1.54, 1.807) is 12.1 Å². The normalized spacial score (nSPS) is 10.7. The summed E-state index contributed by atoms with van der Waals surface area (Å²) in [6.07, 6.45) is 0. The standard InChI is InChI=1S/C12H11BrN3O3/c1-6(17)16(2)5-7-3-8(13)4-9-10(7)15-12(19)11(18)14-9/h3-4H,2,5H2,1H3,(H,14,18)(H,15,19). The summed E-state index contributed by atoms with van der Waals surface area (Å²) < 4.78 is 0.731. The van der Waals surface area contributed by atoms with Gasteiger partial charge in [-0.2, -0.15) is 0 Å². The molecule has 7 heteroatoms. The van der Waals surface area contributed by atoms with E-state index in [2.05, 4.69) is 32.9 Å². The van der Waals surface area contributed by atoms with Crippen molar-refractivity contribution in [3.63, 3.8) is 0 Å². The average molecular weight is 325 g/mol. The average Bonchev–Trinajstić information content (AvgIpc) is 2.31. The Hall–Kier alpha value is -1.89. The minimum Gasteiger partial charge on any atom is -0.337 e. The van der Waals surface area contributed by atoms with Crippen molar-refractivity contribution in [1.29, 1.82) is 0 Å². The minimum atomic E-state index is -0.727. The quantitative estimate of drug-likeness (QED) is 0.811. The first-order valence-electron chi connectivity index (χ1n) is 5.42. The Morgan fingerprint density at radius 3 is 2.58 bits per heavy atom. The molecule has 0 unspecified atom stereocenters. The third-order valence-electron chi connectivity index (χ3n) is 2.68. The van der Waals surface area contributed by atoms with E-state index in [4.69, 9.17) is 0 Å². The number of H-pyrrole nitrogens is 2. The van der Waals surface area contributed by atoms with Crippen LogP contribution in [0.15, 0.2) is 26.2 Å². The van der Waals surface area contributed by atoms with Crippen LogP contribution in [-0.2, 0) is 11.3 Å². The lowest BCUT2D eigenvalue weighted by Gasteiger charge is -2.16. The van der Waals surface area contributed by atoms with Crippen molar-refractivity contribution in [3.05, 3.63) is 49.9 Å². The molecular formula is C12H11BrN3O3. The van der Waals surface area contributed by atoms with Crippen LogP contribution in [0.2, 0.25) is 0 Å². The van der Waals surface area contributed by atoms with E-state index in [1.165, 1.54) is 11.8 Å². The summed E-state index contributed by atoms with van der Waals surface area (Å²) in [6, 6.07) is 3.44. The number of amides is 1. The molecule has 2 rings (SSSR count). The van der Waals surface area contributed by atoms with Crippen LogP contribution in [0.4, 0.5) is 0 Å². The van der Waals surface area contributed by atoms with Crippen LogP contribution < -0.4 is 11.1 Å². The van der Waals surface area contributed by atoms with Gasteiger partial charge in [0.1, 0.15) is 0 Å². The first-order valence-corrected chi connectivity index (χ1v) is 6.21. The van der Waals surface area contributed by atoms with Gasteiger partial charge in [-0.1, -0.05) is 15.9 Å². The molecule has 99 valence electrons. The van der Waals surface area contributed by atoms with Crippen LogP contribution in [0.25, 0.3) is 11.0 Å². The zero-order chi connectivity index (χ0) is 14.2. The maximum absolute atomic E-state index is 11.4. The number of nitrogens with one attached hydrogen (secondary N) is 2. The number of hydrogen-bond donors (Lipinski definition) is 2. The molecule has 0 aliphatic carbocycles. The molecule has 0 aliphatic rings. The number of carbonyl (C=O) groups excluding carboxylic acids is 1. The van der Waals surface area contributed by atoms with Gasteiger partial charge in [-0.15, -0.1) is 0 Å².